The minimum Gasteiger partial charge on any atom is -0.490 e. The Hall–Kier alpha value is -3.83. The summed E-state index contributed by atoms with van der Waals surface area (Å²) in [5.41, 5.74) is 1.67. The summed E-state index contributed by atoms with van der Waals surface area (Å²) < 4.78 is 14.0. The highest BCUT2D eigenvalue weighted by molar-refractivity contribution is 6.71. The highest BCUT2D eigenvalue weighted by atomic mass is 28.4. The molecule has 0 aliphatic carbocycles. The minimum atomic E-state index is -2.95. The van der Waals surface area contributed by atoms with E-state index in [0.29, 0.717) is 23.4 Å². The van der Waals surface area contributed by atoms with Crippen LogP contribution in [0.15, 0.2) is 83.8 Å². The van der Waals surface area contributed by atoms with Crippen LogP contribution in [0.2, 0.25) is 18.6 Å². The molecule has 1 amide bonds. The summed E-state index contributed by atoms with van der Waals surface area (Å²) in [6.45, 7) is 6.07. The first kappa shape index (κ1) is 30.6. The molecule has 3 aromatic carbocycles. The number of fused-ring (bicyclic) bond motifs is 2. The number of aromatic nitrogens is 2. The number of rotatable bonds is 10. The first-order chi connectivity index (χ1) is 20.6. The Balaban J connectivity index is 1.45. The lowest BCUT2D eigenvalue weighted by atomic mass is 9.86. The summed E-state index contributed by atoms with van der Waals surface area (Å²) in [4.78, 5) is 40.0. The molecule has 226 valence electrons. The predicted octanol–water partition coefficient (Wildman–Crippen LogP) is 4.45. The molecular formula is C33H39N3O6Si. The number of carbonyl (C=O) groups is 1. The number of hydrogen-bond acceptors (Lipinski definition) is 7. The number of amides is 1. The number of ether oxygens (including phenoxy) is 2. The second-order valence-electron chi connectivity index (χ2n) is 11.8. The van der Waals surface area contributed by atoms with E-state index in [4.69, 9.17) is 9.47 Å². The third-order valence-corrected chi connectivity index (χ3v) is 10.7. The number of aliphatic hydroxyl groups is 1. The van der Waals surface area contributed by atoms with Crippen molar-refractivity contribution in [2.45, 2.75) is 50.7 Å². The van der Waals surface area contributed by atoms with E-state index in [9.17, 15) is 19.5 Å². The molecular weight excluding hydrogens is 562 g/mol. The van der Waals surface area contributed by atoms with E-state index in [1.165, 1.54) is 4.68 Å². The van der Waals surface area contributed by atoms with Gasteiger partial charge in [0.25, 0.3) is 5.56 Å². The van der Waals surface area contributed by atoms with Crippen LogP contribution in [-0.4, -0.2) is 65.2 Å². The highest BCUT2D eigenvalue weighted by Crippen LogP contribution is 2.47. The van der Waals surface area contributed by atoms with Crippen LogP contribution in [0.3, 0.4) is 0 Å². The lowest BCUT2D eigenvalue weighted by Crippen LogP contribution is -2.50. The largest absolute Gasteiger partial charge is 0.490 e. The normalized spacial score (nSPS) is 19.0. The van der Waals surface area contributed by atoms with Gasteiger partial charge in [0.05, 0.1) is 30.0 Å². The maximum Gasteiger partial charge on any atom is 0.279 e. The molecule has 4 aromatic rings. The number of carbonyl (C=O) groups excluding carboxylic acids is 1. The smallest absolute Gasteiger partial charge is 0.279 e. The first-order valence-electron chi connectivity index (χ1n) is 14.6. The van der Waals surface area contributed by atoms with Crippen LogP contribution in [0.1, 0.15) is 30.6 Å². The van der Waals surface area contributed by atoms with Crippen molar-refractivity contribution in [1.82, 2.24) is 14.7 Å². The van der Waals surface area contributed by atoms with Crippen LogP contribution in [0.5, 0.6) is 5.75 Å². The SMILES string of the molecule is CO[C@@H]1c2cc(-n3ncc4ccccc4c3=O)ccc2O[C@H](C(CC(=O)N(CCO)Cc2ccccc2)[Si](C)(C)O)[C@H]1C. The van der Waals surface area contributed by atoms with Gasteiger partial charge in [-0.05, 0) is 42.9 Å². The van der Waals surface area contributed by atoms with Crippen LogP contribution < -0.4 is 10.3 Å². The topological polar surface area (TPSA) is 114 Å². The maximum absolute atomic E-state index is 13.7. The average Bonchev–Trinajstić information content (AvgIpc) is 2.99. The summed E-state index contributed by atoms with van der Waals surface area (Å²) in [6, 6.07) is 22.4. The molecule has 2 heterocycles. The van der Waals surface area contributed by atoms with Gasteiger partial charge in [-0.15, -0.1) is 0 Å². The minimum absolute atomic E-state index is 0.0812. The van der Waals surface area contributed by atoms with Crippen LogP contribution in [-0.2, 0) is 16.1 Å². The molecule has 1 aliphatic heterocycles. The third kappa shape index (κ3) is 6.42. The zero-order valence-corrected chi connectivity index (χ0v) is 26.0. The Morgan fingerprint density at radius 2 is 1.84 bits per heavy atom. The van der Waals surface area contributed by atoms with Crippen molar-refractivity contribution in [2.24, 2.45) is 5.92 Å². The van der Waals surface area contributed by atoms with Gasteiger partial charge in [0.1, 0.15) is 11.9 Å². The molecule has 5 rings (SSSR count). The van der Waals surface area contributed by atoms with Crippen molar-refractivity contribution in [3.05, 3.63) is 100 Å². The molecule has 4 atom stereocenters. The Bertz CT molecular complexity index is 1640. The molecule has 0 saturated carbocycles. The molecule has 0 spiro atoms. The molecule has 0 bridgehead atoms. The number of methoxy groups -OCH3 is 1. The monoisotopic (exact) mass is 601 g/mol. The number of nitrogens with zero attached hydrogens (tertiary/aromatic N) is 3. The van der Waals surface area contributed by atoms with Gasteiger partial charge >= 0.3 is 0 Å². The van der Waals surface area contributed by atoms with Gasteiger partial charge in [0, 0.05) is 49.0 Å². The third-order valence-electron chi connectivity index (χ3n) is 8.39. The molecule has 43 heavy (non-hydrogen) atoms. The number of hydrogen-bond donors (Lipinski definition) is 2. The Morgan fingerprint density at radius 3 is 2.53 bits per heavy atom. The standard InChI is InChI=1S/C33H39N3O6Si/c1-22-31(41-2)27-18-25(36-33(39)26-13-9-8-12-24(26)20-34-36)14-15-28(27)42-32(22)29(43(3,4)40)19-30(38)35(16-17-37)21-23-10-6-5-7-11-23/h5-15,18,20,22,29,31-32,37,40H,16-17,19,21H2,1-4H3/t22-,29?,31-,32-/m0/s1. The van der Waals surface area contributed by atoms with Crippen molar-refractivity contribution >= 4 is 25.0 Å². The molecule has 0 radical (unpaired) electrons. The van der Waals surface area contributed by atoms with Crippen molar-refractivity contribution in [3.8, 4) is 11.4 Å². The molecule has 1 aliphatic rings. The van der Waals surface area contributed by atoms with Crippen LogP contribution >= 0.6 is 0 Å². The second-order valence-corrected chi connectivity index (χ2v) is 15.8. The fourth-order valence-corrected chi connectivity index (χ4v) is 7.92. The molecule has 10 heteroatoms. The van der Waals surface area contributed by atoms with E-state index in [1.54, 1.807) is 36.4 Å². The van der Waals surface area contributed by atoms with Crippen LogP contribution in [0.25, 0.3) is 16.5 Å². The van der Waals surface area contributed by atoms with E-state index in [-0.39, 0.29) is 37.0 Å². The summed E-state index contributed by atoms with van der Waals surface area (Å²) in [5, 5.41) is 15.4. The number of benzene rings is 3. The van der Waals surface area contributed by atoms with Crippen molar-refractivity contribution in [2.75, 3.05) is 20.3 Å². The Morgan fingerprint density at radius 1 is 1.12 bits per heavy atom. The lowest BCUT2D eigenvalue weighted by molar-refractivity contribution is -0.133. The quantitative estimate of drug-likeness (QED) is 0.258. The van der Waals surface area contributed by atoms with Gasteiger partial charge in [-0.1, -0.05) is 55.5 Å². The van der Waals surface area contributed by atoms with E-state index in [2.05, 4.69) is 5.10 Å². The van der Waals surface area contributed by atoms with Gasteiger partial charge in [0.15, 0.2) is 8.32 Å². The molecule has 1 unspecified atom stereocenters. The summed E-state index contributed by atoms with van der Waals surface area (Å²) >= 11 is 0. The molecule has 0 saturated heterocycles. The zero-order chi connectivity index (χ0) is 30.7. The van der Waals surface area contributed by atoms with Crippen LogP contribution in [0.4, 0.5) is 0 Å². The van der Waals surface area contributed by atoms with Gasteiger partial charge in [-0.2, -0.15) is 9.78 Å². The van der Waals surface area contributed by atoms with E-state index < -0.39 is 26.1 Å². The maximum atomic E-state index is 13.7. The van der Waals surface area contributed by atoms with Crippen molar-refractivity contribution in [1.29, 1.82) is 0 Å². The molecule has 9 nitrogen and oxygen atoms in total. The Labute approximate surface area is 252 Å². The number of aliphatic hydroxyl groups excluding tert-OH is 1. The summed E-state index contributed by atoms with van der Waals surface area (Å²) in [5.74, 6) is 0.219. The molecule has 0 fully saturated rings. The predicted molar refractivity (Wildman–Crippen MR) is 168 cm³/mol. The second kappa shape index (κ2) is 12.8. The fourth-order valence-electron chi connectivity index (χ4n) is 6.07. The van der Waals surface area contributed by atoms with Crippen LogP contribution in [0, 0.1) is 5.92 Å². The van der Waals surface area contributed by atoms with Gasteiger partial charge in [-0.25, -0.2) is 0 Å². The zero-order valence-electron chi connectivity index (χ0n) is 25.0. The van der Waals surface area contributed by atoms with E-state index in [0.717, 1.165) is 16.5 Å². The van der Waals surface area contributed by atoms with Crippen molar-refractivity contribution in [3.63, 3.8) is 0 Å². The molecule has 1 aromatic heterocycles. The summed E-state index contributed by atoms with van der Waals surface area (Å²) in [6.07, 6.45) is 0.856. The Kier molecular flexibility index (Phi) is 9.12. The average molecular weight is 602 g/mol. The summed E-state index contributed by atoms with van der Waals surface area (Å²) in [7, 11) is -1.32. The van der Waals surface area contributed by atoms with Gasteiger partial charge in [-0.3, -0.25) is 9.59 Å². The highest BCUT2D eigenvalue weighted by Gasteiger charge is 2.47. The van der Waals surface area contributed by atoms with E-state index >= 15 is 0 Å². The lowest BCUT2D eigenvalue weighted by Gasteiger charge is -2.44. The molecule has 2 N–H and O–H groups in total. The van der Waals surface area contributed by atoms with Gasteiger partial charge < -0.3 is 24.3 Å². The van der Waals surface area contributed by atoms with Gasteiger partial charge in [0.2, 0.25) is 5.91 Å². The van der Waals surface area contributed by atoms with Crippen molar-refractivity contribution < 1.29 is 24.2 Å². The first-order valence-corrected chi connectivity index (χ1v) is 17.6. The fraction of sp³-hybridized carbons (Fsp3) is 0.364. The van der Waals surface area contributed by atoms with E-state index in [1.807, 2.05) is 74.6 Å².